The Kier molecular flexibility index (Phi) is 2.94. The van der Waals surface area contributed by atoms with Gasteiger partial charge in [-0.1, -0.05) is 33.1 Å². The van der Waals surface area contributed by atoms with Crippen molar-refractivity contribution in [3.05, 3.63) is 0 Å². The van der Waals surface area contributed by atoms with E-state index in [-0.39, 0.29) is 5.54 Å². The van der Waals surface area contributed by atoms with Crippen LogP contribution in [0.15, 0.2) is 0 Å². The van der Waals surface area contributed by atoms with Gasteiger partial charge in [0.25, 0.3) is 0 Å². The predicted octanol–water partition coefficient (Wildman–Crippen LogP) is 2.69. The lowest BCUT2D eigenvalue weighted by atomic mass is 9.67. The van der Waals surface area contributed by atoms with Crippen molar-refractivity contribution in [2.45, 2.75) is 57.9 Å². The number of rotatable bonds is 4. The van der Waals surface area contributed by atoms with Crippen LogP contribution < -0.4 is 5.73 Å². The van der Waals surface area contributed by atoms with E-state index in [2.05, 4.69) is 13.8 Å². The van der Waals surface area contributed by atoms with Crippen molar-refractivity contribution in [1.82, 2.24) is 0 Å². The molecule has 1 nitrogen and oxygen atoms in total. The zero-order valence-electron chi connectivity index (χ0n) is 7.90. The van der Waals surface area contributed by atoms with E-state index in [1.54, 1.807) is 0 Å². The molecule has 0 aliphatic heterocycles. The van der Waals surface area contributed by atoms with E-state index in [9.17, 15) is 0 Å². The third kappa shape index (κ3) is 2.48. The van der Waals surface area contributed by atoms with Crippen LogP contribution in [0, 0.1) is 5.92 Å². The SMILES string of the molecule is CCCCCC1(N)CC(C)C1. The Morgan fingerprint density at radius 3 is 2.45 bits per heavy atom. The normalized spacial score (nSPS) is 36.8. The van der Waals surface area contributed by atoms with Crippen LogP contribution in [0.3, 0.4) is 0 Å². The van der Waals surface area contributed by atoms with E-state index < -0.39 is 0 Å². The zero-order chi connectivity index (χ0) is 8.32. The monoisotopic (exact) mass is 155 g/mol. The van der Waals surface area contributed by atoms with E-state index >= 15 is 0 Å². The number of unbranched alkanes of at least 4 members (excludes halogenated alkanes) is 2. The molecule has 0 heterocycles. The fourth-order valence-electron chi connectivity index (χ4n) is 2.26. The van der Waals surface area contributed by atoms with Crippen molar-refractivity contribution in [2.75, 3.05) is 0 Å². The minimum Gasteiger partial charge on any atom is -0.325 e. The minimum atomic E-state index is 0.245. The highest BCUT2D eigenvalue weighted by Crippen LogP contribution is 2.38. The molecule has 1 saturated carbocycles. The van der Waals surface area contributed by atoms with Gasteiger partial charge in [0.05, 0.1) is 0 Å². The predicted molar refractivity (Wildman–Crippen MR) is 49.5 cm³/mol. The number of hydrogen-bond donors (Lipinski definition) is 1. The summed E-state index contributed by atoms with van der Waals surface area (Å²) >= 11 is 0. The summed E-state index contributed by atoms with van der Waals surface area (Å²) in [6.45, 7) is 4.54. The van der Waals surface area contributed by atoms with Gasteiger partial charge in [-0.15, -0.1) is 0 Å². The van der Waals surface area contributed by atoms with Gasteiger partial charge in [0.1, 0.15) is 0 Å². The quantitative estimate of drug-likeness (QED) is 0.621. The number of hydrogen-bond acceptors (Lipinski definition) is 1. The van der Waals surface area contributed by atoms with Gasteiger partial charge < -0.3 is 5.73 Å². The van der Waals surface area contributed by atoms with Crippen molar-refractivity contribution >= 4 is 0 Å². The largest absolute Gasteiger partial charge is 0.325 e. The Bertz CT molecular complexity index is 114. The summed E-state index contributed by atoms with van der Waals surface area (Å²) in [5, 5.41) is 0. The van der Waals surface area contributed by atoms with Gasteiger partial charge in [0, 0.05) is 5.54 Å². The highest BCUT2D eigenvalue weighted by atomic mass is 14.8. The molecule has 66 valence electrons. The molecule has 2 N–H and O–H groups in total. The minimum absolute atomic E-state index is 0.245. The molecule has 0 aromatic carbocycles. The molecule has 0 aromatic rings. The third-order valence-electron chi connectivity index (χ3n) is 2.79. The van der Waals surface area contributed by atoms with Crippen LogP contribution in [0.1, 0.15) is 52.4 Å². The first-order chi connectivity index (χ1) is 5.16. The van der Waals surface area contributed by atoms with Gasteiger partial charge in [-0.2, -0.15) is 0 Å². The lowest BCUT2D eigenvalue weighted by Crippen LogP contribution is -2.50. The summed E-state index contributed by atoms with van der Waals surface area (Å²) in [6.07, 6.45) is 7.78. The first-order valence-electron chi connectivity index (χ1n) is 4.95. The van der Waals surface area contributed by atoms with Crippen LogP contribution in [0.25, 0.3) is 0 Å². The molecule has 0 saturated heterocycles. The van der Waals surface area contributed by atoms with Crippen molar-refractivity contribution in [2.24, 2.45) is 11.7 Å². The van der Waals surface area contributed by atoms with Gasteiger partial charge in [-0.05, 0) is 25.2 Å². The Morgan fingerprint density at radius 1 is 1.36 bits per heavy atom. The molecule has 0 unspecified atom stereocenters. The van der Waals surface area contributed by atoms with Crippen LogP contribution in [0.5, 0.6) is 0 Å². The third-order valence-corrected chi connectivity index (χ3v) is 2.79. The Hall–Kier alpha value is -0.0400. The van der Waals surface area contributed by atoms with E-state index in [4.69, 9.17) is 5.73 Å². The molecule has 1 rings (SSSR count). The molecule has 1 heteroatoms. The lowest BCUT2D eigenvalue weighted by molar-refractivity contribution is 0.148. The first kappa shape index (κ1) is 9.05. The lowest BCUT2D eigenvalue weighted by Gasteiger charge is -2.43. The summed E-state index contributed by atoms with van der Waals surface area (Å²) in [5.74, 6) is 0.890. The molecular weight excluding hydrogens is 134 g/mol. The van der Waals surface area contributed by atoms with Crippen molar-refractivity contribution in [1.29, 1.82) is 0 Å². The van der Waals surface area contributed by atoms with Crippen molar-refractivity contribution in [3.63, 3.8) is 0 Å². The van der Waals surface area contributed by atoms with Crippen molar-refractivity contribution < 1.29 is 0 Å². The Labute approximate surface area is 70.4 Å². The maximum Gasteiger partial charge on any atom is 0.0159 e. The Balaban J connectivity index is 2.07. The zero-order valence-corrected chi connectivity index (χ0v) is 7.90. The fraction of sp³-hybridized carbons (Fsp3) is 1.00. The highest BCUT2D eigenvalue weighted by Gasteiger charge is 2.37. The number of nitrogens with two attached hydrogens (primary N) is 1. The molecule has 1 aliphatic carbocycles. The summed E-state index contributed by atoms with van der Waals surface area (Å²) in [4.78, 5) is 0. The summed E-state index contributed by atoms with van der Waals surface area (Å²) in [7, 11) is 0. The highest BCUT2D eigenvalue weighted by molar-refractivity contribution is 4.96. The summed E-state index contributed by atoms with van der Waals surface area (Å²) in [6, 6.07) is 0. The standard InChI is InChI=1S/C10H21N/c1-3-4-5-6-10(11)7-9(2)8-10/h9H,3-8,11H2,1-2H3. The van der Waals surface area contributed by atoms with Crippen LogP contribution in [-0.4, -0.2) is 5.54 Å². The second-order valence-corrected chi connectivity index (χ2v) is 4.33. The van der Waals surface area contributed by atoms with Gasteiger partial charge in [0.2, 0.25) is 0 Å². The average Bonchev–Trinajstić information content (AvgIpc) is 1.85. The Morgan fingerprint density at radius 2 is 2.00 bits per heavy atom. The smallest absolute Gasteiger partial charge is 0.0159 e. The summed E-state index contributed by atoms with van der Waals surface area (Å²) in [5.41, 5.74) is 6.38. The van der Waals surface area contributed by atoms with E-state index in [1.807, 2.05) is 0 Å². The van der Waals surface area contributed by atoms with Crippen LogP contribution in [0.2, 0.25) is 0 Å². The second-order valence-electron chi connectivity index (χ2n) is 4.33. The van der Waals surface area contributed by atoms with Crippen LogP contribution in [0.4, 0.5) is 0 Å². The molecule has 1 aliphatic rings. The van der Waals surface area contributed by atoms with Gasteiger partial charge in [0.15, 0.2) is 0 Å². The van der Waals surface area contributed by atoms with E-state index in [0.29, 0.717) is 0 Å². The first-order valence-corrected chi connectivity index (χ1v) is 4.95. The molecular formula is C10H21N. The van der Waals surface area contributed by atoms with Crippen LogP contribution in [-0.2, 0) is 0 Å². The maximum atomic E-state index is 6.13. The van der Waals surface area contributed by atoms with E-state index in [0.717, 1.165) is 5.92 Å². The van der Waals surface area contributed by atoms with Gasteiger partial charge >= 0.3 is 0 Å². The fourth-order valence-corrected chi connectivity index (χ4v) is 2.26. The molecule has 0 atom stereocenters. The molecule has 0 bridgehead atoms. The molecule has 11 heavy (non-hydrogen) atoms. The maximum absolute atomic E-state index is 6.13. The molecule has 0 aromatic heterocycles. The molecule has 0 radical (unpaired) electrons. The summed E-state index contributed by atoms with van der Waals surface area (Å²) < 4.78 is 0. The molecule has 0 amide bonds. The molecule has 1 fully saturated rings. The van der Waals surface area contributed by atoms with Gasteiger partial charge in [-0.25, -0.2) is 0 Å². The topological polar surface area (TPSA) is 26.0 Å². The molecule has 0 spiro atoms. The van der Waals surface area contributed by atoms with E-state index in [1.165, 1.54) is 38.5 Å². The van der Waals surface area contributed by atoms with Crippen molar-refractivity contribution in [3.8, 4) is 0 Å². The average molecular weight is 155 g/mol. The second kappa shape index (κ2) is 3.57. The van der Waals surface area contributed by atoms with Gasteiger partial charge in [-0.3, -0.25) is 0 Å². The van der Waals surface area contributed by atoms with Crippen LogP contribution >= 0.6 is 0 Å².